The third-order valence-electron chi connectivity index (χ3n) is 6.22. The quantitative estimate of drug-likeness (QED) is 0.361. The average molecular weight is 558 g/mol. The number of benzene rings is 2. The summed E-state index contributed by atoms with van der Waals surface area (Å²) in [7, 11) is 0.291. The molecule has 2 aromatic carbocycles. The Morgan fingerprint density at radius 3 is 2.43 bits per heavy atom. The standard InChI is InChI=1S/C26H25Cl2N4O4Si/c1-5-37(4)36-26-30-22-14-31(24(34)17-8-11-20(27)21(28)13-17)15(2)12-19(22)25(35)32(26)18-9-6-16(7-10-18)23(33)29-3/h6-11,13H,5,12,14H2,1-4H3/p+1. The number of carbonyl (C=O) groups excluding carboxylic acids is 2. The van der Waals surface area contributed by atoms with Gasteiger partial charge in [-0.3, -0.25) is 9.59 Å². The van der Waals surface area contributed by atoms with Gasteiger partial charge in [0.25, 0.3) is 26.5 Å². The number of hydrogen-bond donors (Lipinski definition) is 1. The predicted molar refractivity (Wildman–Crippen MR) is 145 cm³/mol. The number of nitrogens with one attached hydrogen (secondary N) is 1. The highest BCUT2D eigenvalue weighted by Gasteiger charge is 2.33. The molecule has 1 N–H and O–H groups in total. The maximum Gasteiger partial charge on any atom is 0.419 e. The van der Waals surface area contributed by atoms with Crippen LogP contribution in [0.3, 0.4) is 0 Å². The van der Waals surface area contributed by atoms with Crippen molar-refractivity contribution in [1.29, 1.82) is 0 Å². The van der Waals surface area contributed by atoms with Crippen LogP contribution in [0.4, 0.5) is 0 Å². The van der Waals surface area contributed by atoms with Gasteiger partial charge in [0.2, 0.25) is 0 Å². The number of aromatic nitrogens is 2. The van der Waals surface area contributed by atoms with Gasteiger partial charge in [-0.2, -0.15) is 9.56 Å². The second kappa shape index (κ2) is 11.0. The number of fused-ring (bicyclic) bond motifs is 1. The summed E-state index contributed by atoms with van der Waals surface area (Å²) in [5.41, 5.74) is 2.85. The molecule has 0 bridgehead atoms. The molecule has 37 heavy (non-hydrogen) atoms. The average Bonchev–Trinajstić information content (AvgIpc) is 2.89. The summed E-state index contributed by atoms with van der Waals surface area (Å²) in [6.07, 6.45) is 0.253. The normalized spacial score (nSPS) is 12.9. The second-order valence-corrected chi connectivity index (χ2v) is 11.8. The molecule has 1 radical (unpaired) electrons. The fourth-order valence-electron chi connectivity index (χ4n) is 3.98. The van der Waals surface area contributed by atoms with Crippen LogP contribution in [0.2, 0.25) is 22.6 Å². The molecule has 0 saturated heterocycles. The Labute approximate surface area is 226 Å². The van der Waals surface area contributed by atoms with Gasteiger partial charge in [-0.1, -0.05) is 30.1 Å². The molecule has 3 aromatic rings. The molecule has 1 aliphatic rings. The predicted octanol–water partition coefficient (Wildman–Crippen LogP) is 4.29. The van der Waals surface area contributed by atoms with Crippen LogP contribution in [0.1, 0.15) is 45.8 Å². The molecule has 0 atom stereocenters. The van der Waals surface area contributed by atoms with Crippen LogP contribution in [-0.2, 0) is 13.0 Å². The highest BCUT2D eigenvalue weighted by molar-refractivity contribution is 6.50. The molecule has 11 heteroatoms. The molecule has 0 spiro atoms. The number of carbonyl (C=O) groups is 2. The van der Waals surface area contributed by atoms with E-state index in [4.69, 9.17) is 32.6 Å². The van der Waals surface area contributed by atoms with Gasteiger partial charge in [-0.25, -0.2) is 9.36 Å². The smallest absolute Gasteiger partial charge is 0.419 e. The van der Waals surface area contributed by atoms with Crippen molar-refractivity contribution in [1.82, 2.24) is 14.9 Å². The topological polar surface area (TPSA) is 93.3 Å². The highest BCUT2D eigenvalue weighted by atomic mass is 35.5. The van der Waals surface area contributed by atoms with E-state index in [9.17, 15) is 14.4 Å². The van der Waals surface area contributed by atoms with E-state index in [2.05, 4.69) is 5.32 Å². The Morgan fingerprint density at radius 2 is 1.81 bits per heavy atom. The molecule has 1 aliphatic heterocycles. The summed E-state index contributed by atoms with van der Waals surface area (Å²) in [6, 6.07) is 12.4. The van der Waals surface area contributed by atoms with Crippen LogP contribution < -0.4 is 15.3 Å². The molecule has 2 heterocycles. The Kier molecular flexibility index (Phi) is 7.96. The fraction of sp³-hybridized carbons (Fsp3) is 0.269. The Bertz CT molecular complexity index is 1490. The lowest BCUT2D eigenvalue weighted by atomic mass is 10.0. The third-order valence-corrected chi connectivity index (χ3v) is 8.49. The molecular weight excluding hydrogens is 531 g/mol. The summed E-state index contributed by atoms with van der Waals surface area (Å²) in [5, 5.41) is 3.24. The van der Waals surface area contributed by atoms with Gasteiger partial charge in [0.1, 0.15) is 5.69 Å². The zero-order valence-corrected chi connectivity index (χ0v) is 23.4. The molecule has 8 nitrogen and oxygen atoms in total. The maximum absolute atomic E-state index is 13.8. The number of amides is 2. The molecule has 0 fully saturated rings. The first kappa shape index (κ1) is 26.8. The minimum atomic E-state index is -1.27. The molecule has 2 amide bonds. The van der Waals surface area contributed by atoms with Crippen molar-refractivity contribution >= 4 is 49.8 Å². The van der Waals surface area contributed by atoms with E-state index in [0.717, 1.165) is 6.04 Å². The van der Waals surface area contributed by atoms with E-state index >= 15 is 0 Å². The molecule has 1 aromatic heterocycles. The van der Waals surface area contributed by atoms with Crippen molar-refractivity contribution in [3.05, 3.63) is 85.2 Å². The van der Waals surface area contributed by atoms with Gasteiger partial charge >= 0.3 is 5.91 Å². The van der Waals surface area contributed by atoms with Gasteiger partial charge in [-0.15, -0.1) is 0 Å². The van der Waals surface area contributed by atoms with Crippen molar-refractivity contribution in [2.75, 3.05) is 7.05 Å². The first-order chi connectivity index (χ1) is 17.6. The number of halogens is 2. The zero-order valence-electron chi connectivity index (χ0n) is 20.9. The van der Waals surface area contributed by atoms with Crippen molar-refractivity contribution in [2.45, 2.75) is 39.4 Å². The number of rotatable bonds is 6. The van der Waals surface area contributed by atoms with E-state index in [1.165, 1.54) is 10.6 Å². The fourth-order valence-corrected chi connectivity index (χ4v) is 4.87. The van der Waals surface area contributed by atoms with Crippen molar-refractivity contribution in [3.63, 3.8) is 0 Å². The van der Waals surface area contributed by atoms with Crippen LogP contribution in [-0.4, -0.2) is 47.7 Å². The van der Waals surface area contributed by atoms with E-state index in [1.807, 2.05) is 20.4 Å². The van der Waals surface area contributed by atoms with Crippen LogP contribution in [0.25, 0.3) is 5.69 Å². The van der Waals surface area contributed by atoms with Crippen molar-refractivity contribution < 1.29 is 18.6 Å². The van der Waals surface area contributed by atoms with E-state index in [0.29, 0.717) is 43.8 Å². The minimum absolute atomic E-state index is 0.125. The van der Waals surface area contributed by atoms with Gasteiger partial charge < -0.3 is 9.74 Å². The van der Waals surface area contributed by atoms with Crippen molar-refractivity contribution in [2.24, 2.45) is 0 Å². The SMILES string of the molecule is CC[Si](C)Oc1nc2c(c(=O)n1-c1ccc(C(=O)NC)cc1)CC(C)=[N+](C(=O)c1ccc(Cl)c(Cl)c1)C2. The number of hydrogen-bond acceptors (Lipinski definition) is 5. The molecule has 0 unspecified atom stereocenters. The maximum atomic E-state index is 13.8. The second-order valence-electron chi connectivity index (χ2n) is 8.68. The Balaban J connectivity index is 1.79. The minimum Gasteiger partial charge on any atom is -0.517 e. The largest absolute Gasteiger partial charge is 0.517 e. The van der Waals surface area contributed by atoms with E-state index in [-0.39, 0.29) is 36.3 Å². The zero-order chi connectivity index (χ0) is 26.9. The van der Waals surface area contributed by atoms with Gasteiger partial charge in [0, 0.05) is 19.5 Å². The Hall–Kier alpha value is -3.27. The first-order valence-electron chi connectivity index (χ1n) is 11.7. The number of nitrogens with zero attached hydrogens (tertiary/aromatic N) is 3. The van der Waals surface area contributed by atoms with Crippen LogP contribution in [0, 0.1) is 0 Å². The summed E-state index contributed by atoms with van der Waals surface area (Å²) < 4.78 is 9.20. The molecule has 0 saturated carbocycles. The van der Waals surface area contributed by atoms with Crippen LogP contribution >= 0.6 is 23.2 Å². The van der Waals surface area contributed by atoms with Gasteiger partial charge in [-0.05, 0) is 55.1 Å². The van der Waals surface area contributed by atoms with Crippen LogP contribution in [0.5, 0.6) is 6.01 Å². The molecule has 4 rings (SSSR count). The summed E-state index contributed by atoms with van der Waals surface area (Å²) in [6.45, 7) is 5.95. The van der Waals surface area contributed by atoms with Crippen LogP contribution in [0.15, 0.2) is 47.3 Å². The first-order valence-corrected chi connectivity index (χ1v) is 14.6. The lowest BCUT2D eigenvalue weighted by molar-refractivity contribution is -0.450. The molecular formula is C26H26Cl2N4O4Si+. The lowest BCUT2D eigenvalue weighted by Crippen LogP contribution is -2.38. The third kappa shape index (κ3) is 5.39. The van der Waals surface area contributed by atoms with Crippen molar-refractivity contribution in [3.8, 4) is 11.7 Å². The molecule has 0 aliphatic carbocycles. The van der Waals surface area contributed by atoms with Gasteiger partial charge in [0.15, 0.2) is 12.3 Å². The molecule has 191 valence electrons. The Morgan fingerprint density at radius 1 is 1.14 bits per heavy atom. The monoisotopic (exact) mass is 556 g/mol. The summed E-state index contributed by atoms with van der Waals surface area (Å²) in [4.78, 5) is 43.8. The van der Waals surface area contributed by atoms with Gasteiger partial charge in [0.05, 0.1) is 33.3 Å². The highest BCUT2D eigenvalue weighted by Crippen LogP contribution is 2.25. The summed E-state index contributed by atoms with van der Waals surface area (Å²) in [5.74, 6) is -0.477. The summed E-state index contributed by atoms with van der Waals surface area (Å²) >= 11 is 12.1. The van der Waals surface area contributed by atoms with E-state index in [1.54, 1.807) is 48.0 Å². The van der Waals surface area contributed by atoms with E-state index < -0.39 is 9.04 Å². The lowest BCUT2D eigenvalue weighted by Gasteiger charge is -2.21.